The fourth-order valence-electron chi connectivity index (χ4n) is 3.72. The number of hydrogen-bond donors (Lipinski definition) is 1. The van der Waals surface area contributed by atoms with Gasteiger partial charge in [-0.05, 0) is 24.8 Å². The van der Waals surface area contributed by atoms with E-state index in [2.05, 4.69) is 34.6 Å². The van der Waals surface area contributed by atoms with E-state index in [-0.39, 0.29) is 23.7 Å². The molecular weight excluding hydrogens is 384 g/mol. The SMILES string of the molecule is CCC(c1ccccc1)c1nnc(NC(=O)C2CCCN(C(=O)C(C)(C)C)C2)s1. The molecule has 1 aliphatic heterocycles. The van der Waals surface area contributed by atoms with E-state index in [9.17, 15) is 9.59 Å². The third-order valence-corrected chi connectivity index (χ3v) is 6.25. The average molecular weight is 415 g/mol. The van der Waals surface area contributed by atoms with Crippen LogP contribution in [0.15, 0.2) is 30.3 Å². The molecule has 6 nitrogen and oxygen atoms in total. The lowest BCUT2D eigenvalue weighted by molar-refractivity contribution is -0.142. The molecular formula is C22H30N4O2S. The first-order chi connectivity index (χ1) is 13.8. The van der Waals surface area contributed by atoms with Crippen LogP contribution in [-0.4, -0.2) is 40.0 Å². The molecule has 0 spiro atoms. The maximum Gasteiger partial charge on any atom is 0.231 e. The molecule has 0 aliphatic carbocycles. The summed E-state index contributed by atoms with van der Waals surface area (Å²) >= 11 is 1.43. The van der Waals surface area contributed by atoms with Crippen molar-refractivity contribution in [2.75, 3.05) is 18.4 Å². The predicted molar refractivity (Wildman–Crippen MR) is 116 cm³/mol. The number of benzene rings is 1. The molecule has 3 rings (SSSR count). The summed E-state index contributed by atoms with van der Waals surface area (Å²) in [4.78, 5) is 27.2. The van der Waals surface area contributed by atoms with Crippen LogP contribution in [0.4, 0.5) is 5.13 Å². The minimum atomic E-state index is -0.431. The highest BCUT2D eigenvalue weighted by Gasteiger charge is 2.33. The molecule has 2 unspecified atom stereocenters. The molecule has 0 saturated carbocycles. The van der Waals surface area contributed by atoms with Crippen LogP contribution >= 0.6 is 11.3 Å². The number of carbonyl (C=O) groups is 2. The van der Waals surface area contributed by atoms with Gasteiger partial charge in [-0.1, -0.05) is 69.4 Å². The zero-order valence-electron chi connectivity index (χ0n) is 17.6. The van der Waals surface area contributed by atoms with E-state index in [1.165, 1.54) is 16.9 Å². The highest BCUT2D eigenvalue weighted by Crippen LogP contribution is 2.32. The second-order valence-electron chi connectivity index (χ2n) is 8.65. The molecule has 29 heavy (non-hydrogen) atoms. The van der Waals surface area contributed by atoms with Crippen molar-refractivity contribution in [3.8, 4) is 0 Å². The number of carbonyl (C=O) groups excluding carboxylic acids is 2. The van der Waals surface area contributed by atoms with E-state index in [0.29, 0.717) is 11.7 Å². The van der Waals surface area contributed by atoms with Gasteiger partial charge in [0.2, 0.25) is 16.9 Å². The van der Waals surface area contributed by atoms with Gasteiger partial charge in [0.05, 0.1) is 5.92 Å². The van der Waals surface area contributed by atoms with E-state index in [1.807, 2.05) is 43.9 Å². The van der Waals surface area contributed by atoms with Crippen LogP contribution in [0.25, 0.3) is 0 Å². The maximum atomic E-state index is 12.8. The van der Waals surface area contributed by atoms with Gasteiger partial charge in [0.15, 0.2) is 0 Å². The van der Waals surface area contributed by atoms with Gasteiger partial charge < -0.3 is 10.2 Å². The molecule has 1 N–H and O–H groups in total. The Balaban J connectivity index is 1.65. The second kappa shape index (κ2) is 9.03. The minimum Gasteiger partial charge on any atom is -0.341 e. The standard InChI is InChI=1S/C22H30N4O2S/c1-5-17(15-10-7-6-8-11-15)19-24-25-21(29-19)23-18(27)16-12-9-13-26(14-16)20(28)22(2,3)4/h6-8,10-11,16-17H,5,9,12-14H2,1-4H3,(H,23,25,27). The monoisotopic (exact) mass is 414 g/mol. The van der Waals surface area contributed by atoms with Gasteiger partial charge in [-0.15, -0.1) is 10.2 Å². The van der Waals surface area contributed by atoms with Crippen molar-refractivity contribution in [2.24, 2.45) is 11.3 Å². The van der Waals surface area contributed by atoms with Crippen molar-refractivity contribution in [2.45, 2.75) is 52.9 Å². The molecule has 1 aromatic carbocycles. The predicted octanol–water partition coefficient (Wildman–Crippen LogP) is 4.30. The fourth-order valence-corrected chi connectivity index (χ4v) is 4.68. The van der Waals surface area contributed by atoms with Crippen LogP contribution in [0, 0.1) is 11.3 Å². The summed E-state index contributed by atoms with van der Waals surface area (Å²) in [7, 11) is 0. The molecule has 2 atom stereocenters. The molecule has 1 aliphatic rings. The first kappa shape index (κ1) is 21.4. The van der Waals surface area contributed by atoms with Gasteiger partial charge in [0, 0.05) is 24.4 Å². The van der Waals surface area contributed by atoms with E-state index < -0.39 is 5.41 Å². The van der Waals surface area contributed by atoms with Crippen molar-refractivity contribution in [1.29, 1.82) is 0 Å². The van der Waals surface area contributed by atoms with Crippen molar-refractivity contribution < 1.29 is 9.59 Å². The molecule has 2 aromatic rings. The largest absolute Gasteiger partial charge is 0.341 e. The van der Waals surface area contributed by atoms with Gasteiger partial charge in [0.25, 0.3) is 0 Å². The fraction of sp³-hybridized carbons (Fsp3) is 0.545. The number of anilines is 1. The van der Waals surface area contributed by atoms with Crippen molar-refractivity contribution in [3.63, 3.8) is 0 Å². The normalized spacial score (nSPS) is 18.3. The number of hydrogen-bond acceptors (Lipinski definition) is 5. The third-order valence-electron chi connectivity index (χ3n) is 5.30. The topological polar surface area (TPSA) is 75.2 Å². The molecule has 0 bridgehead atoms. The second-order valence-corrected chi connectivity index (χ2v) is 9.66. The lowest BCUT2D eigenvalue weighted by Gasteiger charge is -2.35. The Labute approximate surface area is 176 Å². The number of nitrogens with zero attached hydrogens (tertiary/aromatic N) is 3. The summed E-state index contributed by atoms with van der Waals surface area (Å²) in [5.74, 6) is -0.0128. The van der Waals surface area contributed by atoms with Crippen LogP contribution in [0.3, 0.4) is 0 Å². The lowest BCUT2D eigenvalue weighted by Crippen LogP contribution is -2.47. The lowest BCUT2D eigenvalue weighted by atomic mass is 9.91. The van der Waals surface area contributed by atoms with E-state index in [0.717, 1.165) is 30.8 Å². The van der Waals surface area contributed by atoms with Gasteiger partial charge in [-0.3, -0.25) is 9.59 Å². The first-order valence-corrected chi connectivity index (χ1v) is 11.1. The first-order valence-electron chi connectivity index (χ1n) is 10.3. The molecule has 2 heterocycles. The van der Waals surface area contributed by atoms with Gasteiger partial charge in [-0.25, -0.2) is 0 Å². The summed E-state index contributed by atoms with van der Waals surface area (Å²) in [5.41, 5.74) is 0.770. The zero-order chi connectivity index (χ0) is 21.0. The summed E-state index contributed by atoms with van der Waals surface area (Å²) < 4.78 is 0. The summed E-state index contributed by atoms with van der Waals surface area (Å²) in [5, 5.41) is 12.9. The zero-order valence-corrected chi connectivity index (χ0v) is 18.5. The Morgan fingerprint density at radius 1 is 1.24 bits per heavy atom. The van der Waals surface area contributed by atoms with E-state index in [4.69, 9.17) is 0 Å². The Morgan fingerprint density at radius 2 is 1.97 bits per heavy atom. The molecule has 1 fully saturated rings. The maximum absolute atomic E-state index is 12.8. The minimum absolute atomic E-state index is 0.0770. The number of aromatic nitrogens is 2. The Kier molecular flexibility index (Phi) is 6.67. The number of likely N-dealkylation sites (tertiary alicyclic amines) is 1. The molecule has 0 radical (unpaired) electrons. The smallest absolute Gasteiger partial charge is 0.231 e. The van der Waals surface area contributed by atoms with Gasteiger partial charge in [0.1, 0.15) is 5.01 Å². The van der Waals surface area contributed by atoms with Crippen LogP contribution < -0.4 is 5.32 Å². The molecule has 1 aromatic heterocycles. The summed E-state index contributed by atoms with van der Waals surface area (Å²) in [6.07, 6.45) is 2.54. The van der Waals surface area contributed by atoms with Gasteiger partial charge >= 0.3 is 0 Å². The number of piperidine rings is 1. The number of amides is 2. The van der Waals surface area contributed by atoms with Crippen LogP contribution in [-0.2, 0) is 9.59 Å². The molecule has 7 heteroatoms. The Hall–Kier alpha value is -2.28. The molecule has 156 valence electrons. The number of nitrogens with one attached hydrogen (secondary N) is 1. The summed E-state index contributed by atoms with van der Waals surface area (Å²) in [6, 6.07) is 10.2. The Morgan fingerprint density at radius 3 is 2.62 bits per heavy atom. The highest BCUT2D eigenvalue weighted by molar-refractivity contribution is 7.15. The highest BCUT2D eigenvalue weighted by atomic mass is 32.1. The average Bonchev–Trinajstić information content (AvgIpc) is 3.16. The number of rotatable bonds is 5. The van der Waals surface area contributed by atoms with Crippen LogP contribution in [0.5, 0.6) is 0 Å². The van der Waals surface area contributed by atoms with E-state index >= 15 is 0 Å². The Bertz CT molecular complexity index is 844. The van der Waals surface area contributed by atoms with Gasteiger partial charge in [-0.2, -0.15) is 0 Å². The van der Waals surface area contributed by atoms with Crippen molar-refractivity contribution in [3.05, 3.63) is 40.9 Å². The van der Waals surface area contributed by atoms with Crippen LogP contribution in [0.2, 0.25) is 0 Å². The third kappa shape index (κ3) is 5.21. The van der Waals surface area contributed by atoms with E-state index in [1.54, 1.807) is 0 Å². The molecule has 1 saturated heterocycles. The van der Waals surface area contributed by atoms with Crippen molar-refractivity contribution >= 4 is 28.3 Å². The molecule has 2 amide bonds. The quantitative estimate of drug-likeness (QED) is 0.791. The van der Waals surface area contributed by atoms with Crippen molar-refractivity contribution in [1.82, 2.24) is 15.1 Å². The van der Waals surface area contributed by atoms with Crippen LogP contribution in [0.1, 0.15) is 63.4 Å². The summed E-state index contributed by atoms with van der Waals surface area (Å²) in [6.45, 7) is 9.06.